The highest BCUT2D eigenvalue weighted by molar-refractivity contribution is 5.17. The van der Waals surface area contributed by atoms with Gasteiger partial charge in [-0.05, 0) is 0 Å². The second-order valence-electron chi connectivity index (χ2n) is 2.91. The van der Waals surface area contributed by atoms with Crippen molar-refractivity contribution in [2.45, 2.75) is 12.1 Å². The van der Waals surface area contributed by atoms with Gasteiger partial charge in [-0.3, -0.25) is 0 Å². The fourth-order valence-electron chi connectivity index (χ4n) is 1.87. The summed E-state index contributed by atoms with van der Waals surface area (Å²) < 4.78 is 0. The van der Waals surface area contributed by atoms with E-state index in [0.717, 1.165) is 0 Å². The van der Waals surface area contributed by atoms with Crippen molar-refractivity contribution in [2.24, 2.45) is 11.8 Å². The molecule has 3 N–H and O–H groups in total. The summed E-state index contributed by atoms with van der Waals surface area (Å²) in [4.78, 5) is 0. The molecule has 3 rings (SSSR count). The van der Waals surface area contributed by atoms with E-state index in [-0.39, 0.29) is 13.2 Å². The SMILES string of the molecule is OCC1C2NC1C2CO. The predicted molar refractivity (Wildman–Crippen MR) is 31.9 cm³/mol. The fraction of sp³-hybridized carbons (Fsp3) is 1.00. The first-order chi connectivity index (χ1) is 4.38. The Morgan fingerprint density at radius 3 is 1.67 bits per heavy atom. The summed E-state index contributed by atoms with van der Waals surface area (Å²) in [6, 6.07) is 0.843. The number of aliphatic hydroxyl groups is 2. The molecule has 2 heterocycles. The number of rotatable bonds is 2. The molecule has 3 aliphatic rings. The Morgan fingerprint density at radius 2 is 1.44 bits per heavy atom. The highest BCUT2D eigenvalue weighted by Crippen LogP contribution is 2.44. The zero-order valence-corrected chi connectivity index (χ0v) is 5.12. The van der Waals surface area contributed by atoms with Crippen molar-refractivity contribution in [2.75, 3.05) is 13.2 Å². The number of aliphatic hydroxyl groups excluding tert-OH is 2. The van der Waals surface area contributed by atoms with E-state index in [0.29, 0.717) is 23.9 Å². The van der Waals surface area contributed by atoms with Gasteiger partial charge in [0.05, 0.1) is 0 Å². The lowest BCUT2D eigenvalue weighted by atomic mass is 9.57. The van der Waals surface area contributed by atoms with Crippen molar-refractivity contribution in [1.82, 2.24) is 5.32 Å². The summed E-state index contributed by atoms with van der Waals surface area (Å²) in [5.74, 6) is 0.893. The average molecular weight is 129 g/mol. The zero-order chi connectivity index (χ0) is 6.43. The van der Waals surface area contributed by atoms with E-state index < -0.39 is 0 Å². The summed E-state index contributed by atoms with van der Waals surface area (Å²) in [6.07, 6.45) is 0. The molecular formula is C6H11NO2. The first-order valence-electron chi connectivity index (χ1n) is 3.36. The summed E-state index contributed by atoms with van der Waals surface area (Å²) >= 11 is 0. The quantitative estimate of drug-likeness (QED) is 0.428. The van der Waals surface area contributed by atoms with Gasteiger partial charge in [0.15, 0.2) is 0 Å². The smallest absolute Gasteiger partial charge is 0.0489 e. The van der Waals surface area contributed by atoms with E-state index in [9.17, 15) is 0 Å². The molecule has 9 heavy (non-hydrogen) atoms. The third-order valence-electron chi connectivity index (χ3n) is 2.65. The molecule has 0 aromatic rings. The van der Waals surface area contributed by atoms with Crippen LogP contribution in [0.5, 0.6) is 0 Å². The summed E-state index contributed by atoms with van der Waals surface area (Å²) in [6.45, 7) is 0.553. The lowest BCUT2D eigenvalue weighted by Gasteiger charge is -2.64. The van der Waals surface area contributed by atoms with Gasteiger partial charge in [0, 0.05) is 37.1 Å². The monoisotopic (exact) mass is 129 g/mol. The molecule has 3 fully saturated rings. The van der Waals surface area contributed by atoms with Crippen LogP contribution in [0.2, 0.25) is 0 Å². The normalized spacial score (nSPS) is 54.0. The zero-order valence-electron chi connectivity index (χ0n) is 5.12. The van der Waals surface area contributed by atoms with Crippen LogP contribution in [-0.4, -0.2) is 35.5 Å². The Labute approximate surface area is 53.7 Å². The molecule has 2 aliphatic heterocycles. The Kier molecular flexibility index (Phi) is 1.06. The standard InChI is InChI=1S/C6H11NO2/c8-1-3-5-4(2-9)6(3)7-5/h3-9H,1-2H2. The molecule has 0 aromatic heterocycles. The maximum atomic E-state index is 8.68. The van der Waals surface area contributed by atoms with Gasteiger partial charge in [-0.15, -0.1) is 0 Å². The van der Waals surface area contributed by atoms with Crippen LogP contribution < -0.4 is 5.32 Å². The minimum absolute atomic E-state index is 0.277. The maximum Gasteiger partial charge on any atom is 0.0489 e. The van der Waals surface area contributed by atoms with E-state index in [1.54, 1.807) is 0 Å². The highest BCUT2D eigenvalue weighted by atomic mass is 16.3. The van der Waals surface area contributed by atoms with Gasteiger partial charge in [-0.2, -0.15) is 0 Å². The molecule has 0 unspecified atom stereocenters. The molecule has 1 aliphatic carbocycles. The van der Waals surface area contributed by atoms with E-state index in [1.807, 2.05) is 0 Å². The molecule has 2 saturated heterocycles. The van der Waals surface area contributed by atoms with E-state index >= 15 is 0 Å². The summed E-state index contributed by atoms with van der Waals surface area (Å²) in [5, 5.41) is 20.5. The maximum absolute atomic E-state index is 8.68. The number of hydrogen-bond donors (Lipinski definition) is 3. The minimum Gasteiger partial charge on any atom is -0.396 e. The molecule has 3 nitrogen and oxygen atoms in total. The van der Waals surface area contributed by atoms with Crippen molar-refractivity contribution < 1.29 is 10.2 Å². The Bertz CT molecular complexity index is 106. The third kappa shape index (κ3) is 0.478. The van der Waals surface area contributed by atoms with E-state index in [2.05, 4.69) is 5.32 Å². The van der Waals surface area contributed by atoms with Crippen LogP contribution >= 0.6 is 0 Å². The molecule has 3 heteroatoms. The van der Waals surface area contributed by atoms with Crippen molar-refractivity contribution >= 4 is 0 Å². The molecule has 52 valence electrons. The average Bonchev–Trinajstić information content (AvgIpc) is 1.61. The van der Waals surface area contributed by atoms with Crippen LogP contribution in [0.25, 0.3) is 0 Å². The third-order valence-corrected chi connectivity index (χ3v) is 2.65. The second-order valence-corrected chi connectivity index (χ2v) is 2.91. The van der Waals surface area contributed by atoms with Crippen molar-refractivity contribution in [3.05, 3.63) is 0 Å². The molecule has 0 spiro atoms. The molecule has 2 bridgehead atoms. The number of hydrogen-bond acceptors (Lipinski definition) is 3. The summed E-state index contributed by atoms with van der Waals surface area (Å²) in [7, 11) is 0. The molecule has 0 radical (unpaired) electrons. The van der Waals surface area contributed by atoms with Crippen LogP contribution in [0.15, 0.2) is 0 Å². The molecule has 0 atom stereocenters. The molecule has 0 aromatic carbocycles. The number of nitrogens with one attached hydrogen (secondary N) is 1. The summed E-state index contributed by atoms with van der Waals surface area (Å²) in [5.41, 5.74) is 0. The first-order valence-corrected chi connectivity index (χ1v) is 3.36. The van der Waals surface area contributed by atoms with Gasteiger partial charge in [0.1, 0.15) is 0 Å². The first kappa shape index (κ1) is 5.65. The molecular weight excluding hydrogens is 118 g/mol. The lowest BCUT2D eigenvalue weighted by Crippen LogP contribution is -2.83. The topological polar surface area (TPSA) is 52.5 Å². The van der Waals surface area contributed by atoms with E-state index in [4.69, 9.17) is 10.2 Å². The van der Waals surface area contributed by atoms with E-state index in [1.165, 1.54) is 0 Å². The van der Waals surface area contributed by atoms with Gasteiger partial charge in [-0.1, -0.05) is 0 Å². The predicted octanol–water partition coefficient (Wildman–Crippen LogP) is -1.44. The Morgan fingerprint density at radius 1 is 1.00 bits per heavy atom. The van der Waals surface area contributed by atoms with Gasteiger partial charge in [0.2, 0.25) is 0 Å². The van der Waals surface area contributed by atoms with Gasteiger partial charge in [-0.25, -0.2) is 0 Å². The Hall–Kier alpha value is -0.120. The van der Waals surface area contributed by atoms with Crippen molar-refractivity contribution in [3.63, 3.8) is 0 Å². The van der Waals surface area contributed by atoms with Crippen LogP contribution in [0.4, 0.5) is 0 Å². The van der Waals surface area contributed by atoms with Crippen LogP contribution in [0.1, 0.15) is 0 Å². The largest absolute Gasteiger partial charge is 0.396 e. The Balaban J connectivity index is 1.88. The second kappa shape index (κ2) is 1.68. The van der Waals surface area contributed by atoms with Crippen LogP contribution in [0, 0.1) is 11.8 Å². The van der Waals surface area contributed by atoms with Crippen molar-refractivity contribution in [3.8, 4) is 0 Å². The lowest BCUT2D eigenvalue weighted by molar-refractivity contribution is -0.125. The van der Waals surface area contributed by atoms with Crippen LogP contribution in [0.3, 0.4) is 0 Å². The van der Waals surface area contributed by atoms with Crippen LogP contribution in [-0.2, 0) is 0 Å². The molecule has 1 saturated carbocycles. The minimum atomic E-state index is 0.277. The molecule has 0 amide bonds. The van der Waals surface area contributed by atoms with Crippen molar-refractivity contribution in [1.29, 1.82) is 0 Å². The fourth-order valence-corrected chi connectivity index (χ4v) is 1.87. The van der Waals surface area contributed by atoms with Gasteiger partial charge >= 0.3 is 0 Å². The highest BCUT2D eigenvalue weighted by Gasteiger charge is 2.60. The van der Waals surface area contributed by atoms with Gasteiger partial charge < -0.3 is 15.5 Å². The van der Waals surface area contributed by atoms with Gasteiger partial charge in [0.25, 0.3) is 0 Å².